The molecule has 3 atom stereocenters. The van der Waals surface area contributed by atoms with Gasteiger partial charge in [0.1, 0.15) is 5.75 Å². The Bertz CT molecular complexity index is 1540. The highest BCUT2D eigenvalue weighted by Gasteiger charge is 2.41. The third kappa shape index (κ3) is 10.2. The van der Waals surface area contributed by atoms with E-state index in [0.29, 0.717) is 39.9 Å². The molecular formula is C36H35Cl4NO6. The second-order valence-corrected chi connectivity index (χ2v) is 12.9. The molecule has 4 aromatic rings. The average molecular weight is 719 g/mol. The Morgan fingerprint density at radius 2 is 1.30 bits per heavy atom. The van der Waals surface area contributed by atoms with Crippen LogP contribution in [-0.2, 0) is 34.0 Å². The standard InChI is InChI=1S/C36H35Cl4NO6/c37-28-11-7-26(31(39)17-28)22-46-33-19-41(36(42)43)20-34(47-23-27-8-12-29(38)18-32(27)40)35(33)25-9-13-30(14-10-25)45-16-4-15-44-21-24-5-2-1-3-6-24/h1-3,5-14,17-18,33-35H,4,15-16,19-23H2,(H,42,43)/t33-,34+,35?. The minimum atomic E-state index is -1.06. The molecule has 248 valence electrons. The third-order valence-corrected chi connectivity index (χ3v) is 9.06. The van der Waals surface area contributed by atoms with E-state index in [-0.39, 0.29) is 32.2 Å². The van der Waals surface area contributed by atoms with Gasteiger partial charge in [0.25, 0.3) is 0 Å². The first-order valence-corrected chi connectivity index (χ1v) is 16.7. The summed E-state index contributed by atoms with van der Waals surface area (Å²) >= 11 is 25.0. The summed E-state index contributed by atoms with van der Waals surface area (Å²) in [6.45, 7) is 2.27. The van der Waals surface area contributed by atoms with Crippen LogP contribution in [0.5, 0.6) is 5.75 Å². The van der Waals surface area contributed by atoms with E-state index in [4.69, 9.17) is 65.4 Å². The molecule has 0 bridgehead atoms. The fraction of sp³-hybridized carbons (Fsp3) is 0.306. The van der Waals surface area contributed by atoms with Gasteiger partial charge in [-0.25, -0.2) is 4.79 Å². The number of rotatable bonds is 14. The fourth-order valence-electron chi connectivity index (χ4n) is 5.45. The van der Waals surface area contributed by atoms with Crippen molar-refractivity contribution in [2.45, 2.75) is 44.4 Å². The molecule has 0 aliphatic carbocycles. The summed E-state index contributed by atoms with van der Waals surface area (Å²) in [6.07, 6.45) is -1.41. The number of piperidine rings is 1. The van der Waals surface area contributed by atoms with Gasteiger partial charge in [0, 0.05) is 32.4 Å². The van der Waals surface area contributed by atoms with Crippen molar-refractivity contribution < 1.29 is 28.8 Å². The molecule has 5 rings (SSSR count). The highest BCUT2D eigenvalue weighted by atomic mass is 35.5. The van der Waals surface area contributed by atoms with Crippen molar-refractivity contribution in [3.8, 4) is 5.75 Å². The van der Waals surface area contributed by atoms with E-state index in [1.54, 1.807) is 36.4 Å². The number of hydrogen-bond acceptors (Lipinski definition) is 5. The molecule has 47 heavy (non-hydrogen) atoms. The van der Waals surface area contributed by atoms with Gasteiger partial charge < -0.3 is 29.0 Å². The molecule has 0 saturated carbocycles. The quantitative estimate of drug-likeness (QED) is 0.131. The first kappa shape index (κ1) is 35.3. The maximum Gasteiger partial charge on any atom is 0.407 e. The zero-order valence-electron chi connectivity index (χ0n) is 25.5. The molecule has 0 radical (unpaired) electrons. The number of likely N-dealkylation sites (tertiary alicyclic amines) is 1. The van der Waals surface area contributed by atoms with Gasteiger partial charge >= 0.3 is 6.09 Å². The van der Waals surface area contributed by atoms with Crippen LogP contribution in [0.25, 0.3) is 0 Å². The molecule has 7 nitrogen and oxygen atoms in total. The summed E-state index contributed by atoms with van der Waals surface area (Å²) in [4.78, 5) is 13.5. The molecule has 11 heteroatoms. The van der Waals surface area contributed by atoms with Crippen molar-refractivity contribution in [1.82, 2.24) is 4.90 Å². The number of carboxylic acid groups (broad SMARTS) is 1. The number of carbonyl (C=O) groups is 1. The molecule has 1 saturated heterocycles. The smallest absolute Gasteiger partial charge is 0.407 e. The highest BCUT2D eigenvalue weighted by molar-refractivity contribution is 6.35. The lowest BCUT2D eigenvalue weighted by Gasteiger charge is -2.42. The normalized spacial score (nSPS) is 17.9. The second kappa shape index (κ2) is 17.4. The predicted molar refractivity (Wildman–Crippen MR) is 185 cm³/mol. The molecule has 1 fully saturated rings. The Morgan fingerprint density at radius 1 is 0.723 bits per heavy atom. The topological polar surface area (TPSA) is 77.5 Å². The van der Waals surface area contributed by atoms with Crippen LogP contribution in [0.15, 0.2) is 91.0 Å². The van der Waals surface area contributed by atoms with E-state index in [9.17, 15) is 9.90 Å². The van der Waals surface area contributed by atoms with E-state index >= 15 is 0 Å². The molecule has 4 aromatic carbocycles. The highest BCUT2D eigenvalue weighted by Crippen LogP contribution is 2.36. The number of benzene rings is 4. The molecule has 1 unspecified atom stereocenters. The van der Waals surface area contributed by atoms with Gasteiger partial charge in [-0.1, -0.05) is 101 Å². The van der Waals surface area contributed by atoms with Crippen molar-refractivity contribution in [2.24, 2.45) is 0 Å². The van der Waals surface area contributed by atoms with E-state index in [1.807, 2.05) is 54.6 Å². The number of ether oxygens (including phenoxy) is 4. The zero-order chi connectivity index (χ0) is 33.2. The van der Waals surface area contributed by atoms with Gasteiger partial charge in [0.2, 0.25) is 0 Å². The minimum absolute atomic E-state index is 0.147. The van der Waals surface area contributed by atoms with Crippen LogP contribution in [0.2, 0.25) is 20.1 Å². The number of nitrogens with zero attached hydrogens (tertiary/aromatic N) is 1. The van der Waals surface area contributed by atoms with Gasteiger partial charge in [0.05, 0.1) is 58.3 Å². The van der Waals surface area contributed by atoms with Crippen molar-refractivity contribution in [2.75, 3.05) is 26.3 Å². The maximum absolute atomic E-state index is 12.2. The number of hydrogen-bond donors (Lipinski definition) is 1. The van der Waals surface area contributed by atoms with E-state index < -0.39 is 18.3 Å². The van der Waals surface area contributed by atoms with Crippen LogP contribution in [-0.4, -0.2) is 54.6 Å². The van der Waals surface area contributed by atoms with Crippen molar-refractivity contribution in [3.05, 3.63) is 133 Å². The molecule has 1 heterocycles. The monoisotopic (exact) mass is 717 g/mol. The summed E-state index contributed by atoms with van der Waals surface area (Å²) in [5.74, 6) is 0.402. The van der Waals surface area contributed by atoms with Crippen LogP contribution >= 0.6 is 46.4 Å². The minimum Gasteiger partial charge on any atom is -0.494 e. The molecule has 0 spiro atoms. The van der Waals surface area contributed by atoms with Crippen LogP contribution in [0.3, 0.4) is 0 Å². The Morgan fingerprint density at radius 3 is 1.83 bits per heavy atom. The zero-order valence-corrected chi connectivity index (χ0v) is 28.5. The fourth-order valence-corrected chi connectivity index (χ4v) is 6.37. The van der Waals surface area contributed by atoms with Gasteiger partial charge in [-0.05, 0) is 58.7 Å². The number of halogens is 4. The molecule has 1 aliphatic heterocycles. The molecule has 0 aromatic heterocycles. The summed E-state index contributed by atoms with van der Waals surface area (Å²) in [6, 6.07) is 28.2. The maximum atomic E-state index is 12.2. The summed E-state index contributed by atoms with van der Waals surface area (Å²) < 4.78 is 24.6. The van der Waals surface area contributed by atoms with Crippen LogP contribution in [0, 0.1) is 0 Å². The number of amides is 1. The molecule has 1 amide bonds. The predicted octanol–water partition coefficient (Wildman–Crippen LogP) is 9.53. The lowest BCUT2D eigenvalue weighted by molar-refractivity contribution is -0.0937. The van der Waals surface area contributed by atoms with E-state index in [2.05, 4.69) is 0 Å². The Kier molecular flexibility index (Phi) is 13.1. The third-order valence-electron chi connectivity index (χ3n) is 7.89. The Labute approximate surface area is 294 Å². The largest absolute Gasteiger partial charge is 0.494 e. The Balaban J connectivity index is 1.29. The van der Waals surface area contributed by atoms with Crippen molar-refractivity contribution in [1.29, 1.82) is 0 Å². The van der Waals surface area contributed by atoms with E-state index in [0.717, 1.165) is 34.4 Å². The first-order valence-electron chi connectivity index (χ1n) is 15.2. The van der Waals surface area contributed by atoms with E-state index in [1.165, 1.54) is 4.90 Å². The molecule has 1 aliphatic rings. The van der Waals surface area contributed by atoms with Crippen LogP contribution in [0.4, 0.5) is 4.79 Å². The lowest BCUT2D eigenvalue weighted by atomic mass is 9.84. The van der Waals surface area contributed by atoms with Crippen LogP contribution in [0.1, 0.15) is 34.6 Å². The van der Waals surface area contributed by atoms with Crippen LogP contribution < -0.4 is 4.74 Å². The summed E-state index contributed by atoms with van der Waals surface area (Å²) in [5, 5.41) is 12.0. The second-order valence-electron chi connectivity index (χ2n) is 11.2. The van der Waals surface area contributed by atoms with Crippen molar-refractivity contribution >= 4 is 52.5 Å². The first-order chi connectivity index (χ1) is 22.8. The molecular weight excluding hydrogens is 684 g/mol. The summed E-state index contributed by atoms with van der Waals surface area (Å²) in [7, 11) is 0. The van der Waals surface area contributed by atoms with Crippen molar-refractivity contribution in [3.63, 3.8) is 0 Å². The SMILES string of the molecule is O=C(O)N1C[C@H](OCc2ccc(Cl)cc2Cl)C(c2ccc(OCCCOCc3ccccc3)cc2)[C@H](OCc2ccc(Cl)cc2Cl)C1. The molecule has 1 N–H and O–H groups in total. The average Bonchev–Trinajstić information content (AvgIpc) is 3.06. The lowest BCUT2D eigenvalue weighted by Crippen LogP contribution is -2.54. The Hall–Kier alpha value is -3.01. The van der Waals surface area contributed by atoms with Gasteiger partial charge in [0.15, 0.2) is 0 Å². The van der Waals surface area contributed by atoms with Gasteiger partial charge in [-0.15, -0.1) is 0 Å². The summed E-state index contributed by atoms with van der Waals surface area (Å²) in [5.41, 5.74) is 3.54. The van der Waals surface area contributed by atoms with Gasteiger partial charge in [-0.3, -0.25) is 0 Å². The van der Waals surface area contributed by atoms with Gasteiger partial charge in [-0.2, -0.15) is 0 Å².